The normalized spacial score (nSPS) is 12.8. The molecule has 0 saturated heterocycles. The number of nitrogens with zero attached hydrogens (tertiary/aromatic N) is 2. The number of benzene rings is 1. The van der Waals surface area contributed by atoms with Crippen LogP contribution in [0.4, 0.5) is 0 Å². The van der Waals surface area contributed by atoms with E-state index in [-0.39, 0.29) is 6.04 Å². The van der Waals surface area contributed by atoms with Crippen LogP contribution in [0.15, 0.2) is 34.9 Å². The van der Waals surface area contributed by atoms with E-state index < -0.39 is 0 Å². The van der Waals surface area contributed by atoms with Crippen molar-refractivity contribution >= 4 is 0 Å². The minimum Gasteiger partial charge on any atom is -0.339 e. The molecule has 0 radical (unpaired) electrons. The molecule has 0 aliphatic rings. The van der Waals surface area contributed by atoms with Gasteiger partial charge in [-0.1, -0.05) is 56.3 Å². The summed E-state index contributed by atoms with van der Waals surface area (Å²) in [6.07, 6.45) is 1.83. The van der Waals surface area contributed by atoms with Crippen molar-refractivity contribution in [2.45, 2.75) is 45.6 Å². The van der Waals surface area contributed by atoms with Crippen molar-refractivity contribution < 1.29 is 4.52 Å². The van der Waals surface area contributed by atoms with Gasteiger partial charge in [0.05, 0.1) is 0 Å². The van der Waals surface area contributed by atoms with Crippen LogP contribution in [-0.4, -0.2) is 16.7 Å². The molecule has 20 heavy (non-hydrogen) atoms. The summed E-state index contributed by atoms with van der Waals surface area (Å²) in [6.45, 7) is 7.28. The van der Waals surface area contributed by atoms with Gasteiger partial charge in [-0.25, -0.2) is 0 Å². The topological polar surface area (TPSA) is 51.0 Å². The molecule has 2 aromatic rings. The Bertz CT molecular complexity index is 507. The van der Waals surface area contributed by atoms with Gasteiger partial charge in [0.25, 0.3) is 0 Å². The van der Waals surface area contributed by atoms with Crippen LogP contribution in [0.3, 0.4) is 0 Å². The van der Waals surface area contributed by atoms with Crippen LogP contribution in [0.2, 0.25) is 0 Å². The molecule has 0 saturated carbocycles. The molecule has 1 atom stereocenters. The number of hydrogen-bond donors (Lipinski definition) is 1. The van der Waals surface area contributed by atoms with Crippen molar-refractivity contribution in [1.29, 1.82) is 0 Å². The van der Waals surface area contributed by atoms with Crippen molar-refractivity contribution in [3.05, 3.63) is 47.6 Å². The van der Waals surface area contributed by atoms with Crippen LogP contribution < -0.4 is 5.32 Å². The first kappa shape index (κ1) is 14.7. The molecule has 2 rings (SSSR count). The summed E-state index contributed by atoms with van der Waals surface area (Å²) >= 11 is 0. The fraction of sp³-hybridized carbons (Fsp3) is 0.500. The van der Waals surface area contributed by atoms with E-state index in [1.54, 1.807) is 0 Å². The Morgan fingerprint density at radius 2 is 1.95 bits per heavy atom. The van der Waals surface area contributed by atoms with Gasteiger partial charge in [0, 0.05) is 18.4 Å². The first-order valence-corrected chi connectivity index (χ1v) is 7.31. The Morgan fingerprint density at radius 1 is 1.20 bits per heavy atom. The Morgan fingerprint density at radius 3 is 2.55 bits per heavy atom. The second-order valence-corrected chi connectivity index (χ2v) is 5.32. The van der Waals surface area contributed by atoms with Crippen LogP contribution in [-0.2, 0) is 6.42 Å². The summed E-state index contributed by atoms with van der Waals surface area (Å²) in [4.78, 5) is 4.47. The second kappa shape index (κ2) is 7.20. The molecule has 1 N–H and O–H groups in total. The highest BCUT2D eigenvalue weighted by molar-refractivity contribution is 5.19. The minimum absolute atomic E-state index is 0.219. The van der Waals surface area contributed by atoms with Crippen LogP contribution in [0, 0.1) is 0 Å². The van der Waals surface area contributed by atoms with Crippen LogP contribution >= 0.6 is 0 Å². The van der Waals surface area contributed by atoms with Crippen LogP contribution in [0.5, 0.6) is 0 Å². The third-order valence-electron chi connectivity index (χ3n) is 3.22. The fourth-order valence-electron chi connectivity index (χ4n) is 2.07. The lowest BCUT2D eigenvalue weighted by Gasteiger charge is -2.17. The van der Waals surface area contributed by atoms with Gasteiger partial charge in [-0.2, -0.15) is 4.98 Å². The van der Waals surface area contributed by atoms with Crippen molar-refractivity contribution in [3.63, 3.8) is 0 Å². The predicted molar refractivity (Wildman–Crippen MR) is 79.6 cm³/mol. The second-order valence-electron chi connectivity index (χ2n) is 5.32. The van der Waals surface area contributed by atoms with Crippen molar-refractivity contribution in [3.8, 4) is 0 Å². The third kappa shape index (κ3) is 3.90. The molecule has 0 bridgehead atoms. The highest BCUT2D eigenvalue weighted by Gasteiger charge is 2.16. The molecule has 0 spiro atoms. The first-order chi connectivity index (χ1) is 9.70. The summed E-state index contributed by atoms with van der Waals surface area (Å²) in [5.74, 6) is 1.78. The molecule has 4 nitrogen and oxygen atoms in total. The quantitative estimate of drug-likeness (QED) is 0.839. The molecule has 1 heterocycles. The molecule has 0 aliphatic heterocycles. The van der Waals surface area contributed by atoms with Crippen LogP contribution in [0.1, 0.15) is 56.4 Å². The van der Waals surface area contributed by atoms with Gasteiger partial charge in [0.2, 0.25) is 5.89 Å². The molecular weight excluding hydrogens is 250 g/mol. The molecule has 1 aromatic carbocycles. The average Bonchev–Trinajstić information content (AvgIpc) is 2.93. The Balaban J connectivity index is 2.10. The van der Waals surface area contributed by atoms with Gasteiger partial charge in [0.15, 0.2) is 5.82 Å². The molecule has 0 fully saturated rings. The van der Waals surface area contributed by atoms with E-state index in [2.05, 4.69) is 60.5 Å². The zero-order valence-electron chi connectivity index (χ0n) is 12.5. The van der Waals surface area contributed by atoms with Gasteiger partial charge in [-0.3, -0.25) is 0 Å². The van der Waals surface area contributed by atoms with E-state index in [4.69, 9.17) is 4.52 Å². The van der Waals surface area contributed by atoms with E-state index in [0.717, 1.165) is 25.2 Å². The maximum Gasteiger partial charge on any atom is 0.228 e. The lowest BCUT2D eigenvalue weighted by Crippen LogP contribution is -2.24. The van der Waals surface area contributed by atoms with E-state index >= 15 is 0 Å². The summed E-state index contributed by atoms with van der Waals surface area (Å²) in [7, 11) is 0. The highest BCUT2D eigenvalue weighted by atomic mass is 16.5. The average molecular weight is 273 g/mol. The maximum absolute atomic E-state index is 5.36. The van der Waals surface area contributed by atoms with Gasteiger partial charge >= 0.3 is 0 Å². The summed E-state index contributed by atoms with van der Waals surface area (Å²) < 4.78 is 5.36. The molecule has 0 aliphatic carbocycles. The van der Waals surface area contributed by atoms with Gasteiger partial charge in [0.1, 0.15) is 0 Å². The fourth-order valence-corrected chi connectivity index (χ4v) is 2.07. The number of hydrogen-bond acceptors (Lipinski definition) is 4. The summed E-state index contributed by atoms with van der Waals surface area (Å²) in [5, 5.41) is 7.57. The Kier molecular flexibility index (Phi) is 5.30. The number of nitrogens with one attached hydrogen (secondary N) is 1. The standard InChI is InChI=1S/C16H23N3O/c1-4-10-17-14(13-8-6-5-7-9-13)11-15-18-16(12(2)3)19-20-15/h5-9,12,14,17H,4,10-11H2,1-3H3. The molecule has 1 aromatic heterocycles. The van der Waals surface area contributed by atoms with E-state index in [1.807, 2.05) is 6.07 Å². The van der Waals surface area contributed by atoms with E-state index in [1.165, 1.54) is 5.56 Å². The third-order valence-corrected chi connectivity index (χ3v) is 3.22. The Labute approximate surface area is 120 Å². The van der Waals surface area contributed by atoms with Crippen molar-refractivity contribution in [2.75, 3.05) is 6.54 Å². The van der Waals surface area contributed by atoms with Gasteiger partial charge in [-0.15, -0.1) is 0 Å². The summed E-state index contributed by atoms with van der Waals surface area (Å²) in [6, 6.07) is 10.6. The lowest BCUT2D eigenvalue weighted by molar-refractivity contribution is 0.353. The van der Waals surface area contributed by atoms with Gasteiger partial charge < -0.3 is 9.84 Å². The zero-order valence-corrected chi connectivity index (χ0v) is 12.5. The molecular formula is C16H23N3O. The van der Waals surface area contributed by atoms with E-state index in [0.29, 0.717) is 11.8 Å². The summed E-state index contributed by atoms with van der Waals surface area (Å²) in [5.41, 5.74) is 1.25. The number of rotatable bonds is 7. The zero-order chi connectivity index (χ0) is 14.4. The largest absolute Gasteiger partial charge is 0.339 e. The lowest BCUT2D eigenvalue weighted by atomic mass is 10.0. The molecule has 0 amide bonds. The number of aromatic nitrogens is 2. The van der Waals surface area contributed by atoms with E-state index in [9.17, 15) is 0 Å². The Hall–Kier alpha value is -1.68. The van der Waals surface area contributed by atoms with Gasteiger partial charge in [-0.05, 0) is 18.5 Å². The predicted octanol–water partition coefficient (Wildman–Crippen LogP) is 3.48. The first-order valence-electron chi connectivity index (χ1n) is 7.31. The minimum atomic E-state index is 0.219. The van der Waals surface area contributed by atoms with Crippen molar-refractivity contribution in [1.82, 2.24) is 15.5 Å². The smallest absolute Gasteiger partial charge is 0.228 e. The van der Waals surface area contributed by atoms with Crippen LogP contribution in [0.25, 0.3) is 0 Å². The maximum atomic E-state index is 5.36. The SMILES string of the molecule is CCCNC(Cc1nc(C(C)C)no1)c1ccccc1. The molecule has 4 heteroatoms. The van der Waals surface area contributed by atoms with Crippen molar-refractivity contribution in [2.24, 2.45) is 0 Å². The highest BCUT2D eigenvalue weighted by Crippen LogP contribution is 2.19. The monoisotopic (exact) mass is 273 g/mol. The molecule has 1 unspecified atom stereocenters. The molecule has 108 valence electrons.